The number of hydrogen-bond acceptors (Lipinski definition) is 6. The first-order chi connectivity index (χ1) is 13.2. The lowest BCUT2D eigenvalue weighted by atomic mass is 9.97. The molecular weight excluding hydrogens is 340 g/mol. The third-order valence-corrected chi connectivity index (χ3v) is 4.97. The summed E-state index contributed by atoms with van der Waals surface area (Å²) in [5.74, 6) is 3.00. The van der Waals surface area contributed by atoms with Gasteiger partial charge in [0.25, 0.3) is 0 Å². The molecule has 7 heteroatoms. The van der Waals surface area contributed by atoms with Gasteiger partial charge in [0.2, 0.25) is 11.8 Å². The Balaban J connectivity index is 1.54. The summed E-state index contributed by atoms with van der Waals surface area (Å²) in [4.78, 5) is 15.4. The molecule has 0 aliphatic carbocycles. The zero-order valence-electron chi connectivity index (χ0n) is 15.5. The smallest absolute Gasteiger partial charge is 0.225 e. The summed E-state index contributed by atoms with van der Waals surface area (Å²) in [6.45, 7) is 2.63. The van der Waals surface area contributed by atoms with Crippen molar-refractivity contribution in [2.75, 3.05) is 30.8 Å². The summed E-state index contributed by atoms with van der Waals surface area (Å²) >= 11 is 0. The summed E-state index contributed by atoms with van der Waals surface area (Å²) in [6.07, 6.45) is 6.14. The highest BCUT2D eigenvalue weighted by atomic mass is 16.5. The fourth-order valence-corrected chi connectivity index (χ4v) is 3.69. The second-order valence-electron chi connectivity index (χ2n) is 6.81. The van der Waals surface area contributed by atoms with Crippen LogP contribution in [0.15, 0.2) is 48.8 Å². The van der Waals surface area contributed by atoms with Crippen LogP contribution in [0.3, 0.4) is 0 Å². The van der Waals surface area contributed by atoms with Gasteiger partial charge >= 0.3 is 0 Å². The molecule has 0 bridgehead atoms. The SMILES string of the molecule is COc1cc(N2CCCC(c3nccn3Cc3ccccc3)C2)nc(N)n1. The second-order valence-corrected chi connectivity index (χ2v) is 6.81. The van der Waals surface area contributed by atoms with Crippen LogP contribution in [0.2, 0.25) is 0 Å². The molecule has 3 heterocycles. The van der Waals surface area contributed by atoms with E-state index in [4.69, 9.17) is 10.5 Å². The maximum absolute atomic E-state index is 5.84. The van der Waals surface area contributed by atoms with Crippen LogP contribution in [0.25, 0.3) is 0 Å². The molecule has 1 saturated heterocycles. The molecule has 0 spiro atoms. The van der Waals surface area contributed by atoms with Gasteiger partial charge in [-0.3, -0.25) is 0 Å². The van der Waals surface area contributed by atoms with E-state index in [-0.39, 0.29) is 5.95 Å². The summed E-state index contributed by atoms with van der Waals surface area (Å²) in [6, 6.07) is 12.3. The Kier molecular flexibility index (Phi) is 4.91. The van der Waals surface area contributed by atoms with E-state index in [2.05, 4.69) is 54.9 Å². The lowest BCUT2D eigenvalue weighted by Gasteiger charge is -2.33. The number of nitrogens with zero attached hydrogens (tertiary/aromatic N) is 5. The molecule has 0 radical (unpaired) electrons. The monoisotopic (exact) mass is 364 g/mol. The maximum atomic E-state index is 5.84. The zero-order chi connectivity index (χ0) is 18.6. The largest absolute Gasteiger partial charge is 0.481 e. The molecule has 4 rings (SSSR count). The Bertz CT molecular complexity index is 894. The molecule has 27 heavy (non-hydrogen) atoms. The van der Waals surface area contributed by atoms with Gasteiger partial charge < -0.3 is 19.9 Å². The lowest BCUT2D eigenvalue weighted by molar-refractivity contribution is 0.397. The average Bonchev–Trinajstić information content (AvgIpc) is 3.16. The number of benzene rings is 1. The normalized spacial score (nSPS) is 17.1. The van der Waals surface area contributed by atoms with E-state index in [1.165, 1.54) is 5.56 Å². The van der Waals surface area contributed by atoms with Gasteiger partial charge in [-0.1, -0.05) is 30.3 Å². The van der Waals surface area contributed by atoms with Crippen molar-refractivity contribution in [1.82, 2.24) is 19.5 Å². The molecule has 0 saturated carbocycles. The number of aromatic nitrogens is 4. The van der Waals surface area contributed by atoms with E-state index in [9.17, 15) is 0 Å². The van der Waals surface area contributed by atoms with Crippen molar-refractivity contribution in [2.45, 2.75) is 25.3 Å². The molecule has 1 atom stereocenters. The number of ether oxygens (including phenoxy) is 1. The molecule has 0 amide bonds. The van der Waals surface area contributed by atoms with Crippen LogP contribution >= 0.6 is 0 Å². The molecule has 140 valence electrons. The van der Waals surface area contributed by atoms with Crippen molar-refractivity contribution in [3.63, 3.8) is 0 Å². The minimum absolute atomic E-state index is 0.233. The van der Waals surface area contributed by atoms with E-state index in [1.54, 1.807) is 7.11 Å². The molecule has 2 aromatic heterocycles. The number of nitrogen functional groups attached to an aromatic ring is 1. The summed E-state index contributed by atoms with van der Waals surface area (Å²) in [7, 11) is 1.59. The maximum Gasteiger partial charge on any atom is 0.225 e. The van der Waals surface area contributed by atoms with Gasteiger partial charge in [-0.25, -0.2) is 4.98 Å². The van der Waals surface area contributed by atoms with E-state index in [1.807, 2.05) is 18.3 Å². The third kappa shape index (κ3) is 3.86. The third-order valence-electron chi connectivity index (χ3n) is 4.97. The Hall–Kier alpha value is -3.09. The standard InChI is InChI=1S/C20H24N6O/c1-27-18-12-17(23-20(21)24-18)25-10-5-8-16(14-25)19-22-9-11-26(19)13-15-6-3-2-4-7-15/h2-4,6-7,9,11-12,16H,5,8,10,13-14H2,1H3,(H2,21,23,24). The van der Waals surface area contributed by atoms with Crippen molar-refractivity contribution < 1.29 is 4.74 Å². The van der Waals surface area contributed by atoms with E-state index in [0.717, 1.165) is 44.1 Å². The highest BCUT2D eigenvalue weighted by molar-refractivity contribution is 5.46. The number of nitrogens with two attached hydrogens (primary N) is 1. The predicted molar refractivity (Wildman–Crippen MR) is 105 cm³/mol. The van der Waals surface area contributed by atoms with Gasteiger partial charge in [0.15, 0.2) is 0 Å². The Labute approximate surface area is 158 Å². The number of imidazole rings is 1. The van der Waals surface area contributed by atoms with Crippen molar-refractivity contribution in [2.24, 2.45) is 0 Å². The zero-order valence-corrected chi connectivity index (χ0v) is 15.5. The fraction of sp³-hybridized carbons (Fsp3) is 0.350. The quantitative estimate of drug-likeness (QED) is 0.750. The minimum atomic E-state index is 0.233. The van der Waals surface area contributed by atoms with Crippen LogP contribution in [-0.4, -0.2) is 39.7 Å². The first-order valence-corrected chi connectivity index (χ1v) is 9.21. The molecule has 1 unspecified atom stereocenters. The number of anilines is 2. The van der Waals surface area contributed by atoms with Crippen LogP contribution < -0.4 is 15.4 Å². The van der Waals surface area contributed by atoms with Crippen LogP contribution in [-0.2, 0) is 6.54 Å². The van der Waals surface area contributed by atoms with Crippen LogP contribution in [0.5, 0.6) is 5.88 Å². The van der Waals surface area contributed by atoms with Gasteiger partial charge in [-0.2, -0.15) is 9.97 Å². The Morgan fingerprint density at radius 3 is 2.89 bits per heavy atom. The number of methoxy groups -OCH3 is 1. The van der Waals surface area contributed by atoms with Crippen LogP contribution in [0.4, 0.5) is 11.8 Å². The molecule has 7 nitrogen and oxygen atoms in total. The minimum Gasteiger partial charge on any atom is -0.481 e. The van der Waals surface area contributed by atoms with Crippen LogP contribution in [0.1, 0.15) is 30.1 Å². The van der Waals surface area contributed by atoms with Crippen molar-refractivity contribution in [3.8, 4) is 5.88 Å². The van der Waals surface area contributed by atoms with Gasteiger partial charge in [0.05, 0.1) is 7.11 Å². The molecule has 1 aliphatic rings. The number of rotatable bonds is 5. The van der Waals surface area contributed by atoms with E-state index >= 15 is 0 Å². The number of piperidine rings is 1. The van der Waals surface area contributed by atoms with Gasteiger partial charge in [0, 0.05) is 44.0 Å². The highest BCUT2D eigenvalue weighted by Crippen LogP contribution is 2.30. The van der Waals surface area contributed by atoms with Gasteiger partial charge in [0.1, 0.15) is 11.6 Å². The van der Waals surface area contributed by atoms with E-state index in [0.29, 0.717) is 11.8 Å². The van der Waals surface area contributed by atoms with Gasteiger partial charge in [-0.15, -0.1) is 0 Å². The Morgan fingerprint density at radius 2 is 2.07 bits per heavy atom. The van der Waals surface area contributed by atoms with Crippen molar-refractivity contribution >= 4 is 11.8 Å². The molecule has 1 aromatic carbocycles. The van der Waals surface area contributed by atoms with Crippen molar-refractivity contribution in [1.29, 1.82) is 0 Å². The predicted octanol–water partition coefficient (Wildman–Crippen LogP) is 2.70. The second kappa shape index (κ2) is 7.65. The number of hydrogen-bond donors (Lipinski definition) is 1. The topological polar surface area (TPSA) is 82.1 Å². The van der Waals surface area contributed by atoms with E-state index < -0.39 is 0 Å². The average molecular weight is 364 g/mol. The molecule has 1 aliphatic heterocycles. The molecule has 1 fully saturated rings. The highest BCUT2D eigenvalue weighted by Gasteiger charge is 2.26. The van der Waals surface area contributed by atoms with Crippen molar-refractivity contribution in [3.05, 3.63) is 60.2 Å². The summed E-state index contributed by atoms with van der Waals surface area (Å²) in [5.41, 5.74) is 7.11. The summed E-state index contributed by atoms with van der Waals surface area (Å²) in [5, 5.41) is 0. The molecule has 3 aromatic rings. The first kappa shape index (κ1) is 17.3. The van der Waals surface area contributed by atoms with Gasteiger partial charge in [-0.05, 0) is 18.4 Å². The Morgan fingerprint density at radius 1 is 1.22 bits per heavy atom. The molecule has 2 N–H and O–H groups in total. The lowest BCUT2D eigenvalue weighted by Crippen LogP contribution is -2.36. The van der Waals surface area contributed by atoms with Crippen LogP contribution in [0, 0.1) is 0 Å². The first-order valence-electron chi connectivity index (χ1n) is 9.21. The molecular formula is C20H24N6O. The summed E-state index contributed by atoms with van der Waals surface area (Å²) < 4.78 is 7.49. The fourth-order valence-electron chi connectivity index (χ4n) is 3.69.